The summed E-state index contributed by atoms with van der Waals surface area (Å²) >= 11 is 3.60. The third-order valence-corrected chi connectivity index (χ3v) is 4.74. The third kappa shape index (κ3) is 2.84. The Labute approximate surface area is 123 Å². The molecule has 1 aliphatic rings. The topological polar surface area (TPSA) is 12.0 Å². The number of rotatable bonds is 2. The Morgan fingerprint density at radius 2 is 1.89 bits per heavy atom. The molecule has 19 heavy (non-hydrogen) atoms. The summed E-state index contributed by atoms with van der Waals surface area (Å²) in [6, 6.07) is 15.8. The van der Waals surface area contributed by atoms with Crippen LogP contribution in [0.25, 0.3) is 0 Å². The van der Waals surface area contributed by atoms with Crippen LogP contribution >= 0.6 is 15.9 Å². The number of hydrogen-bond donors (Lipinski definition) is 1. The van der Waals surface area contributed by atoms with Gasteiger partial charge in [-0.1, -0.05) is 46.3 Å². The summed E-state index contributed by atoms with van der Waals surface area (Å²) in [7, 11) is 0. The SMILES string of the molecule is Cc1ccc(NC2CCc3ccccc3C2)cc1Br. The average Bonchev–Trinajstić information content (AvgIpc) is 2.43. The number of benzene rings is 2. The van der Waals surface area contributed by atoms with Crippen molar-refractivity contribution in [3.05, 3.63) is 63.6 Å². The molecule has 0 saturated carbocycles. The van der Waals surface area contributed by atoms with Crippen molar-refractivity contribution in [2.24, 2.45) is 0 Å². The minimum absolute atomic E-state index is 0.546. The van der Waals surface area contributed by atoms with Gasteiger partial charge in [0.15, 0.2) is 0 Å². The van der Waals surface area contributed by atoms with E-state index < -0.39 is 0 Å². The van der Waals surface area contributed by atoms with E-state index in [1.54, 1.807) is 0 Å². The highest BCUT2D eigenvalue weighted by atomic mass is 79.9. The van der Waals surface area contributed by atoms with Gasteiger partial charge in [0, 0.05) is 16.2 Å². The normalized spacial score (nSPS) is 17.9. The molecule has 2 aromatic carbocycles. The number of hydrogen-bond acceptors (Lipinski definition) is 1. The molecular formula is C17H18BrN. The smallest absolute Gasteiger partial charge is 0.0353 e. The number of halogens is 1. The number of aryl methyl sites for hydroxylation is 2. The van der Waals surface area contributed by atoms with Gasteiger partial charge in [-0.25, -0.2) is 0 Å². The molecule has 2 aromatic rings. The summed E-state index contributed by atoms with van der Waals surface area (Å²) in [6.45, 7) is 2.12. The molecule has 1 N–H and O–H groups in total. The molecule has 0 aromatic heterocycles. The lowest BCUT2D eigenvalue weighted by Crippen LogP contribution is -2.27. The first kappa shape index (κ1) is 12.7. The zero-order valence-electron chi connectivity index (χ0n) is 11.1. The van der Waals surface area contributed by atoms with Crippen LogP contribution in [-0.4, -0.2) is 6.04 Å². The lowest BCUT2D eigenvalue weighted by Gasteiger charge is -2.26. The maximum absolute atomic E-state index is 3.66. The van der Waals surface area contributed by atoms with Gasteiger partial charge in [-0.05, 0) is 55.0 Å². The van der Waals surface area contributed by atoms with Gasteiger partial charge < -0.3 is 5.32 Å². The highest BCUT2D eigenvalue weighted by molar-refractivity contribution is 9.10. The second kappa shape index (κ2) is 5.38. The highest BCUT2D eigenvalue weighted by Crippen LogP contribution is 2.26. The van der Waals surface area contributed by atoms with Crippen molar-refractivity contribution in [2.45, 2.75) is 32.2 Å². The molecule has 0 spiro atoms. The molecule has 98 valence electrons. The molecule has 0 fully saturated rings. The van der Waals surface area contributed by atoms with Crippen LogP contribution in [-0.2, 0) is 12.8 Å². The van der Waals surface area contributed by atoms with Crippen LogP contribution < -0.4 is 5.32 Å². The van der Waals surface area contributed by atoms with E-state index in [4.69, 9.17) is 0 Å². The van der Waals surface area contributed by atoms with Crippen molar-refractivity contribution in [1.82, 2.24) is 0 Å². The van der Waals surface area contributed by atoms with Gasteiger partial charge in [0.1, 0.15) is 0 Å². The Balaban J connectivity index is 1.73. The maximum atomic E-state index is 3.66. The van der Waals surface area contributed by atoms with E-state index in [9.17, 15) is 0 Å². The molecule has 0 aliphatic heterocycles. The molecule has 0 radical (unpaired) electrons. The average molecular weight is 316 g/mol. The Morgan fingerprint density at radius 3 is 2.68 bits per heavy atom. The van der Waals surface area contributed by atoms with Crippen LogP contribution in [0, 0.1) is 6.92 Å². The molecule has 1 nitrogen and oxygen atoms in total. The zero-order chi connectivity index (χ0) is 13.2. The summed E-state index contributed by atoms with van der Waals surface area (Å²) in [5.74, 6) is 0. The van der Waals surface area contributed by atoms with Crippen LogP contribution in [0.15, 0.2) is 46.9 Å². The van der Waals surface area contributed by atoms with Crippen LogP contribution in [0.3, 0.4) is 0 Å². The Hall–Kier alpha value is -1.28. The van der Waals surface area contributed by atoms with Gasteiger partial charge >= 0.3 is 0 Å². The first-order valence-corrected chi connectivity index (χ1v) is 7.61. The molecule has 0 amide bonds. The Kier molecular flexibility index (Phi) is 3.61. The minimum Gasteiger partial charge on any atom is -0.382 e. The van der Waals surface area contributed by atoms with E-state index in [0.717, 1.165) is 6.42 Å². The summed E-state index contributed by atoms with van der Waals surface area (Å²) in [5.41, 5.74) is 5.50. The second-order valence-corrected chi connectivity index (χ2v) is 6.17. The predicted molar refractivity (Wildman–Crippen MR) is 84.8 cm³/mol. The summed E-state index contributed by atoms with van der Waals surface area (Å²) in [4.78, 5) is 0. The standard InChI is InChI=1S/C17H18BrN/c1-12-6-8-16(11-17(12)18)19-15-9-7-13-4-2-3-5-14(13)10-15/h2-6,8,11,15,19H,7,9-10H2,1H3. The lowest BCUT2D eigenvalue weighted by atomic mass is 9.88. The van der Waals surface area contributed by atoms with Gasteiger partial charge in [-0.2, -0.15) is 0 Å². The van der Waals surface area contributed by atoms with Gasteiger partial charge in [-0.3, -0.25) is 0 Å². The molecule has 1 aliphatic carbocycles. The van der Waals surface area contributed by atoms with Crippen LogP contribution in [0.1, 0.15) is 23.1 Å². The van der Waals surface area contributed by atoms with Crippen LogP contribution in [0.4, 0.5) is 5.69 Å². The first-order valence-electron chi connectivity index (χ1n) is 6.82. The molecule has 1 unspecified atom stereocenters. The van der Waals surface area contributed by atoms with E-state index in [1.165, 1.54) is 39.7 Å². The van der Waals surface area contributed by atoms with E-state index in [2.05, 4.69) is 70.6 Å². The third-order valence-electron chi connectivity index (χ3n) is 3.89. The van der Waals surface area contributed by atoms with Crippen molar-refractivity contribution >= 4 is 21.6 Å². The monoisotopic (exact) mass is 315 g/mol. The number of fused-ring (bicyclic) bond motifs is 1. The van der Waals surface area contributed by atoms with E-state index in [0.29, 0.717) is 6.04 Å². The van der Waals surface area contributed by atoms with Crippen LogP contribution in [0.2, 0.25) is 0 Å². The minimum atomic E-state index is 0.546. The van der Waals surface area contributed by atoms with Gasteiger partial charge in [0.25, 0.3) is 0 Å². The van der Waals surface area contributed by atoms with Crippen molar-refractivity contribution in [1.29, 1.82) is 0 Å². The van der Waals surface area contributed by atoms with E-state index >= 15 is 0 Å². The molecule has 1 atom stereocenters. The number of nitrogens with one attached hydrogen (secondary N) is 1. The molecule has 0 bridgehead atoms. The Bertz CT molecular complexity index is 592. The predicted octanol–water partition coefficient (Wildman–Crippen LogP) is 4.73. The van der Waals surface area contributed by atoms with Gasteiger partial charge in [0.05, 0.1) is 0 Å². The zero-order valence-corrected chi connectivity index (χ0v) is 12.7. The van der Waals surface area contributed by atoms with Gasteiger partial charge in [0.2, 0.25) is 0 Å². The molecule has 3 rings (SSSR count). The fourth-order valence-corrected chi connectivity index (χ4v) is 3.12. The van der Waals surface area contributed by atoms with Crippen molar-refractivity contribution in [3.63, 3.8) is 0 Å². The fraction of sp³-hybridized carbons (Fsp3) is 0.294. The lowest BCUT2D eigenvalue weighted by molar-refractivity contribution is 0.611. The van der Waals surface area contributed by atoms with Crippen molar-refractivity contribution in [3.8, 4) is 0 Å². The van der Waals surface area contributed by atoms with Crippen molar-refractivity contribution in [2.75, 3.05) is 5.32 Å². The highest BCUT2D eigenvalue weighted by Gasteiger charge is 2.17. The molecule has 0 saturated heterocycles. The molecular weight excluding hydrogens is 298 g/mol. The van der Waals surface area contributed by atoms with Gasteiger partial charge in [-0.15, -0.1) is 0 Å². The summed E-state index contributed by atoms with van der Waals surface area (Å²) < 4.78 is 1.17. The maximum Gasteiger partial charge on any atom is 0.0353 e. The van der Waals surface area contributed by atoms with E-state index in [1.807, 2.05) is 0 Å². The summed E-state index contributed by atoms with van der Waals surface area (Å²) in [6.07, 6.45) is 3.52. The molecule has 0 heterocycles. The quantitative estimate of drug-likeness (QED) is 0.845. The van der Waals surface area contributed by atoms with Crippen molar-refractivity contribution < 1.29 is 0 Å². The van der Waals surface area contributed by atoms with Crippen LogP contribution in [0.5, 0.6) is 0 Å². The summed E-state index contributed by atoms with van der Waals surface area (Å²) in [5, 5.41) is 3.66. The fourth-order valence-electron chi connectivity index (χ4n) is 2.74. The molecule has 2 heteroatoms. The largest absolute Gasteiger partial charge is 0.382 e. The Morgan fingerprint density at radius 1 is 1.11 bits per heavy atom. The second-order valence-electron chi connectivity index (χ2n) is 5.32. The number of anilines is 1. The first-order chi connectivity index (χ1) is 9.22. The van der Waals surface area contributed by atoms with E-state index in [-0.39, 0.29) is 0 Å².